The number of primary sulfonamides is 1. The average Bonchev–Trinajstić information content (AvgIpc) is 3.02. The number of amides is 1. The van der Waals surface area contributed by atoms with Crippen molar-refractivity contribution in [2.45, 2.75) is 31.2 Å². The number of hydrogen-bond donors (Lipinski definition) is 2. The van der Waals surface area contributed by atoms with Gasteiger partial charge in [-0.1, -0.05) is 42.5 Å². The second kappa shape index (κ2) is 8.22. The number of nitrogens with two attached hydrogens (primary N) is 1. The van der Waals surface area contributed by atoms with Crippen molar-refractivity contribution in [2.24, 2.45) is 5.14 Å². The summed E-state index contributed by atoms with van der Waals surface area (Å²) in [6.07, 6.45) is 0.685. The fourth-order valence-corrected chi connectivity index (χ4v) is 4.32. The van der Waals surface area contributed by atoms with Crippen molar-refractivity contribution in [1.82, 2.24) is 10.3 Å². The third kappa shape index (κ3) is 4.83. The van der Waals surface area contributed by atoms with Crippen LogP contribution in [-0.2, 0) is 16.4 Å². The molecule has 0 saturated carbocycles. The molecule has 146 valence electrons. The SMILES string of the molecule is Cc1nc(Cc2ccccc2)sc1C(=O)N[C@H](C)c1ccc(S(N)(=O)=O)cc1. The molecule has 0 aliphatic heterocycles. The summed E-state index contributed by atoms with van der Waals surface area (Å²) in [6.45, 7) is 3.66. The van der Waals surface area contributed by atoms with Gasteiger partial charge in [-0.05, 0) is 37.1 Å². The molecular formula is C20H21N3O3S2. The Hall–Kier alpha value is -2.55. The largest absolute Gasteiger partial charge is 0.345 e. The molecule has 1 amide bonds. The number of thiazole rings is 1. The minimum Gasteiger partial charge on any atom is -0.345 e. The summed E-state index contributed by atoms with van der Waals surface area (Å²) in [4.78, 5) is 17.8. The Morgan fingerprint density at radius 3 is 2.39 bits per heavy atom. The van der Waals surface area contributed by atoms with Crippen LogP contribution in [0.15, 0.2) is 59.5 Å². The lowest BCUT2D eigenvalue weighted by Crippen LogP contribution is -2.26. The number of carbonyl (C=O) groups is 1. The quantitative estimate of drug-likeness (QED) is 0.645. The first kappa shape index (κ1) is 20.2. The number of rotatable bonds is 6. The van der Waals surface area contributed by atoms with Gasteiger partial charge in [0.05, 0.1) is 21.6 Å². The van der Waals surface area contributed by atoms with Crippen molar-refractivity contribution in [3.05, 3.63) is 81.3 Å². The van der Waals surface area contributed by atoms with Crippen molar-refractivity contribution in [2.75, 3.05) is 0 Å². The van der Waals surface area contributed by atoms with Crippen molar-refractivity contribution in [1.29, 1.82) is 0 Å². The van der Waals surface area contributed by atoms with Crippen LogP contribution < -0.4 is 10.5 Å². The van der Waals surface area contributed by atoms with Gasteiger partial charge in [0, 0.05) is 6.42 Å². The van der Waals surface area contributed by atoms with Crippen LogP contribution in [0.25, 0.3) is 0 Å². The van der Waals surface area contributed by atoms with Crippen molar-refractivity contribution < 1.29 is 13.2 Å². The van der Waals surface area contributed by atoms with Gasteiger partial charge in [0.25, 0.3) is 5.91 Å². The van der Waals surface area contributed by atoms with Gasteiger partial charge in [-0.3, -0.25) is 4.79 Å². The first-order valence-corrected chi connectivity index (χ1v) is 11.0. The van der Waals surface area contributed by atoms with Gasteiger partial charge in [0.15, 0.2) is 0 Å². The Balaban J connectivity index is 1.70. The number of carbonyl (C=O) groups excluding carboxylic acids is 1. The molecule has 8 heteroatoms. The van der Waals surface area contributed by atoms with Gasteiger partial charge in [-0.25, -0.2) is 18.5 Å². The van der Waals surface area contributed by atoms with Crippen LogP contribution in [0.5, 0.6) is 0 Å². The van der Waals surface area contributed by atoms with E-state index in [9.17, 15) is 13.2 Å². The monoisotopic (exact) mass is 415 g/mol. The summed E-state index contributed by atoms with van der Waals surface area (Å²) in [7, 11) is -3.73. The minimum atomic E-state index is -3.73. The molecule has 1 aromatic heterocycles. The molecule has 1 atom stereocenters. The second-order valence-electron chi connectivity index (χ2n) is 6.49. The van der Waals surface area contributed by atoms with Crippen LogP contribution in [0.2, 0.25) is 0 Å². The number of sulfonamides is 1. The van der Waals surface area contributed by atoms with Crippen molar-refractivity contribution in [3.8, 4) is 0 Å². The molecule has 0 radical (unpaired) electrons. The lowest BCUT2D eigenvalue weighted by molar-refractivity contribution is 0.0943. The van der Waals surface area contributed by atoms with E-state index < -0.39 is 10.0 Å². The minimum absolute atomic E-state index is 0.0404. The molecule has 28 heavy (non-hydrogen) atoms. The van der Waals surface area contributed by atoms with Gasteiger partial charge >= 0.3 is 0 Å². The topological polar surface area (TPSA) is 102 Å². The molecule has 3 aromatic rings. The maximum atomic E-state index is 12.7. The zero-order valence-corrected chi connectivity index (χ0v) is 17.2. The summed E-state index contributed by atoms with van der Waals surface area (Å²) in [5, 5.41) is 8.94. The fraction of sp³-hybridized carbons (Fsp3) is 0.200. The smallest absolute Gasteiger partial charge is 0.263 e. The molecular weight excluding hydrogens is 394 g/mol. The molecule has 0 spiro atoms. The molecule has 3 N–H and O–H groups in total. The van der Waals surface area contributed by atoms with Crippen LogP contribution >= 0.6 is 11.3 Å². The normalized spacial score (nSPS) is 12.5. The highest BCUT2D eigenvalue weighted by Crippen LogP contribution is 2.22. The van der Waals surface area contributed by atoms with Crippen LogP contribution in [0, 0.1) is 6.92 Å². The highest BCUT2D eigenvalue weighted by molar-refractivity contribution is 7.89. The number of aromatic nitrogens is 1. The highest BCUT2D eigenvalue weighted by atomic mass is 32.2. The first-order chi connectivity index (χ1) is 13.2. The first-order valence-electron chi connectivity index (χ1n) is 8.68. The van der Waals surface area contributed by atoms with E-state index in [4.69, 9.17) is 5.14 Å². The maximum Gasteiger partial charge on any atom is 0.263 e. The molecule has 0 unspecified atom stereocenters. The fourth-order valence-electron chi connectivity index (χ4n) is 2.80. The molecule has 1 heterocycles. The summed E-state index contributed by atoms with van der Waals surface area (Å²) in [6, 6.07) is 15.8. The lowest BCUT2D eigenvalue weighted by atomic mass is 10.1. The average molecular weight is 416 g/mol. The molecule has 0 aliphatic rings. The summed E-state index contributed by atoms with van der Waals surface area (Å²) in [5.41, 5.74) is 2.63. The Morgan fingerprint density at radius 1 is 1.14 bits per heavy atom. The molecule has 6 nitrogen and oxygen atoms in total. The van der Waals surface area contributed by atoms with E-state index in [0.29, 0.717) is 17.0 Å². The van der Waals surface area contributed by atoms with Gasteiger partial charge in [0.2, 0.25) is 10.0 Å². The van der Waals surface area contributed by atoms with Crippen molar-refractivity contribution in [3.63, 3.8) is 0 Å². The zero-order valence-electron chi connectivity index (χ0n) is 15.5. The van der Waals surface area contributed by atoms with E-state index in [2.05, 4.69) is 10.3 Å². The predicted molar refractivity (Wildman–Crippen MR) is 110 cm³/mol. The molecule has 0 fully saturated rings. The number of aryl methyl sites for hydroxylation is 1. The lowest BCUT2D eigenvalue weighted by Gasteiger charge is -2.14. The van der Waals surface area contributed by atoms with E-state index in [0.717, 1.165) is 16.1 Å². The van der Waals surface area contributed by atoms with E-state index in [1.165, 1.54) is 23.5 Å². The summed E-state index contributed by atoms with van der Waals surface area (Å²) in [5.74, 6) is -0.197. The number of hydrogen-bond acceptors (Lipinski definition) is 5. The Bertz CT molecular complexity index is 1080. The van der Waals surface area contributed by atoms with Crippen LogP contribution in [0.4, 0.5) is 0 Å². The van der Waals surface area contributed by atoms with Gasteiger partial charge < -0.3 is 5.32 Å². The van der Waals surface area contributed by atoms with Crippen LogP contribution in [0.1, 0.15) is 44.5 Å². The van der Waals surface area contributed by atoms with E-state index in [1.807, 2.05) is 44.2 Å². The zero-order chi connectivity index (χ0) is 20.3. The molecule has 0 bridgehead atoms. The predicted octanol–water partition coefficient (Wildman–Crippen LogP) is 3.18. The Kier molecular flexibility index (Phi) is 5.93. The van der Waals surface area contributed by atoms with Crippen molar-refractivity contribution >= 4 is 27.3 Å². The molecule has 3 rings (SSSR count). The summed E-state index contributed by atoms with van der Waals surface area (Å²) < 4.78 is 22.7. The third-order valence-electron chi connectivity index (χ3n) is 4.30. The van der Waals surface area contributed by atoms with E-state index >= 15 is 0 Å². The summed E-state index contributed by atoms with van der Waals surface area (Å²) >= 11 is 1.39. The van der Waals surface area contributed by atoms with Gasteiger partial charge in [0.1, 0.15) is 4.88 Å². The Labute approximate surface area is 168 Å². The Morgan fingerprint density at radius 2 is 1.79 bits per heavy atom. The second-order valence-corrected chi connectivity index (χ2v) is 9.14. The highest BCUT2D eigenvalue weighted by Gasteiger charge is 2.18. The standard InChI is InChI=1S/C20H21N3O3S2/c1-13(16-8-10-17(11-9-16)28(21,25)26)23-20(24)19-14(2)22-18(27-19)12-15-6-4-3-5-7-15/h3-11,13H,12H2,1-2H3,(H,23,24)(H2,21,25,26)/t13-/m1/s1. The maximum absolute atomic E-state index is 12.7. The number of nitrogens with zero attached hydrogens (tertiary/aromatic N) is 1. The van der Waals surface area contributed by atoms with Gasteiger partial charge in [-0.15, -0.1) is 11.3 Å². The van der Waals surface area contributed by atoms with E-state index in [1.54, 1.807) is 12.1 Å². The molecule has 0 saturated heterocycles. The molecule has 0 aliphatic carbocycles. The third-order valence-corrected chi connectivity index (χ3v) is 6.39. The van der Waals surface area contributed by atoms with Crippen LogP contribution in [-0.4, -0.2) is 19.3 Å². The number of nitrogens with one attached hydrogen (secondary N) is 1. The molecule has 2 aromatic carbocycles. The van der Waals surface area contributed by atoms with E-state index in [-0.39, 0.29) is 16.8 Å². The van der Waals surface area contributed by atoms with Crippen LogP contribution in [0.3, 0.4) is 0 Å². The van der Waals surface area contributed by atoms with Gasteiger partial charge in [-0.2, -0.15) is 0 Å². The number of benzene rings is 2.